The molecule has 0 bridgehead atoms. The zero-order chi connectivity index (χ0) is 19.0. The molecule has 154 valence electrons. The van der Waals surface area contributed by atoms with E-state index >= 15 is 0 Å². The largest absolute Gasteiger partial charge is 0.379 e. The Kier molecular flexibility index (Phi) is 10.7. The molecule has 0 unspecified atom stereocenters. The van der Waals surface area contributed by atoms with E-state index in [1.165, 1.54) is 6.26 Å². The number of hydrogen-bond acceptors (Lipinski definition) is 5. The van der Waals surface area contributed by atoms with Crippen molar-refractivity contribution in [2.75, 3.05) is 69.9 Å². The van der Waals surface area contributed by atoms with Gasteiger partial charge in [0.15, 0.2) is 5.96 Å². The molecule has 1 aliphatic heterocycles. The smallest absolute Gasteiger partial charge is 0.193 e. The van der Waals surface area contributed by atoms with Gasteiger partial charge in [0, 0.05) is 56.7 Å². The van der Waals surface area contributed by atoms with E-state index in [1.54, 1.807) is 7.05 Å². The Labute approximate surface area is 184 Å². The van der Waals surface area contributed by atoms with Crippen molar-refractivity contribution in [2.45, 2.75) is 0 Å². The highest BCUT2D eigenvalue weighted by Crippen LogP contribution is 2.20. The second kappa shape index (κ2) is 11.9. The molecule has 1 heterocycles. The summed E-state index contributed by atoms with van der Waals surface area (Å²) in [5.74, 6) is 0.884. The SMILES string of the molecule is CN=C(NCCOCCS(C)(=O)=O)N1CCN(c2cccc(Cl)c2)CC1.I. The highest BCUT2D eigenvalue weighted by atomic mass is 127. The van der Waals surface area contributed by atoms with Gasteiger partial charge in [-0.05, 0) is 18.2 Å². The van der Waals surface area contributed by atoms with Gasteiger partial charge in [-0.15, -0.1) is 24.0 Å². The first kappa shape index (κ1) is 24.3. The van der Waals surface area contributed by atoms with Crippen molar-refractivity contribution in [1.82, 2.24) is 10.2 Å². The Morgan fingerprint density at radius 3 is 2.56 bits per heavy atom. The number of guanidine groups is 1. The normalized spacial score (nSPS) is 15.4. The van der Waals surface area contributed by atoms with Gasteiger partial charge in [-0.1, -0.05) is 17.7 Å². The van der Waals surface area contributed by atoms with Gasteiger partial charge in [0.25, 0.3) is 0 Å². The molecule has 1 N–H and O–H groups in total. The molecule has 1 aliphatic rings. The molecule has 0 radical (unpaired) electrons. The number of nitrogens with zero attached hydrogens (tertiary/aromatic N) is 3. The van der Waals surface area contributed by atoms with E-state index in [-0.39, 0.29) is 36.3 Å². The van der Waals surface area contributed by atoms with Crippen LogP contribution in [0.3, 0.4) is 0 Å². The van der Waals surface area contributed by atoms with Crippen LogP contribution in [0.5, 0.6) is 0 Å². The topological polar surface area (TPSA) is 74.2 Å². The zero-order valence-electron chi connectivity index (χ0n) is 15.7. The molecule has 27 heavy (non-hydrogen) atoms. The van der Waals surface area contributed by atoms with E-state index in [9.17, 15) is 8.42 Å². The molecule has 0 aliphatic carbocycles. The first-order valence-electron chi connectivity index (χ1n) is 8.60. The van der Waals surface area contributed by atoms with E-state index in [0.717, 1.165) is 42.8 Å². The Hall–Kier alpha value is -0.780. The van der Waals surface area contributed by atoms with E-state index in [2.05, 4.69) is 26.2 Å². The molecule has 0 amide bonds. The number of piperazine rings is 1. The second-order valence-corrected chi connectivity index (χ2v) is 8.87. The van der Waals surface area contributed by atoms with Crippen molar-refractivity contribution in [3.8, 4) is 0 Å². The summed E-state index contributed by atoms with van der Waals surface area (Å²) < 4.78 is 27.4. The van der Waals surface area contributed by atoms with E-state index in [1.807, 2.05) is 18.2 Å². The van der Waals surface area contributed by atoms with Crippen molar-refractivity contribution < 1.29 is 13.2 Å². The fourth-order valence-corrected chi connectivity index (χ4v) is 3.33. The van der Waals surface area contributed by atoms with Gasteiger partial charge in [-0.25, -0.2) is 8.42 Å². The summed E-state index contributed by atoms with van der Waals surface area (Å²) in [6.45, 7) is 4.76. The van der Waals surface area contributed by atoms with Crippen LogP contribution in [0.25, 0.3) is 0 Å². The lowest BCUT2D eigenvalue weighted by Crippen LogP contribution is -2.53. The quantitative estimate of drug-likeness (QED) is 0.250. The maximum Gasteiger partial charge on any atom is 0.193 e. The summed E-state index contributed by atoms with van der Waals surface area (Å²) in [5, 5.41) is 4.01. The molecule has 0 spiro atoms. The monoisotopic (exact) mass is 530 g/mol. The minimum Gasteiger partial charge on any atom is -0.379 e. The average Bonchev–Trinajstić information content (AvgIpc) is 2.60. The zero-order valence-corrected chi connectivity index (χ0v) is 19.6. The van der Waals surface area contributed by atoms with Crippen LogP contribution >= 0.6 is 35.6 Å². The van der Waals surface area contributed by atoms with Crippen LogP contribution in [0.2, 0.25) is 5.02 Å². The lowest BCUT2D eigenvalue weighted by atomic mass is 10.2. The number of ether oxygens (including phenoxy) is 1. The van der Waals surface area contributed by atoms with Gasteiger partial charge in [0.05, 0.1) is 19.0 Å². The second-order valence-electron chi connectivity index (χ2n) is 6.17. The first-order valence-corrected chi connectivity index (χ1v) is 11.0. The molecule has 7 nitrogen and oxygen atoms in total. The number of benzene rings is 1. The van der Waals surface area contributed by atoms with Crippen molar-refractivity contribution >= 4 is 57.1 Å². The van der Waals surface area contributed by atoms with Crippen LogP contribution in [0.15, 0.2) is 29.3 Å². The fraction of sp³-hybridized carbons (Fsp3) is 0.588. The molecule has 0 atom stereocenters. The van der Waals surface area contributed by atoms with E-state index in [4.69, 9.17) is 16.3 Å². The van der Waals surface area contributed by atoms with E-state index in [0.29, 0.717) is 13.2 Å². The lowest BCUT2D eigenvalue weighted by Gasteiger charge is -2.37. The average molecular weight is 531 g/mol. The van der Waals surface area contributed by atoms with Gasteiger partial charge in [0.1, 0.15) is 9.84 Å². The predicted octanol–water partition coefficient (Wildman–Crippen LogP) is 1.72. The fourth-order valence-electron chi connectivity index (χ4n) is 2.73. The third-order valence-electron chi connectivity index (χ3n) is 4.09. The molecular weight excluding hydrogens is 503 g/mol. The van der Waals surface area contributed by atoms with Gasteiger partial charge in [-0.3, -0.25) is 4.99 Å². The molecule has 1 aromatic carbocycles. The van der Waals surface area contributed by atoms with Gasteiger partial charge < -0.3 is 19.9 Å². The van der Waals surface area contributed by atoms with Gasteiger partial charge in [-0.2, -0.15) is 0 Å². The maximum atomic E-state index is 11.0. The van der Waals surface area contributed by atoms with E-state index < -0.39 is 9.84 Å². The van der Waals surface area contributed by atoms with Crippen LogP contribution in [0.1, 0.15) is 0 Å². The third-order valence-corrected chi connectivity index (χ3v) is 5.24. The summed E-state index contributed by atoms with van der Waals surface area (Å²) in [4.78, 5) is 8.84. The van der Waals surface area contributed by atoms with Crippen LogP contribution in [0.4, 0.5) is 5.69 Å². The Bertz CT molecular complexity index is 710. The molecular formula is C17H28ClIN4O3S. The van der Waals surface area contributed by atoms with Crippen LogP contribution in [0, 0.1) is 0 Å². The predicted molar refractivity (Wildman–Crippen MR) is 123 cm³/mol. The van der Waals surface area contributed by atoms with Crippen molar-refractivity contribution in [2.24, 2.45) is 4.99 Å². The first-order chi connectivity index (χ1) is 12.4. The van der Waals surface area contributed by atoms with Crippen LogP contribution in [-0.2, 0) is 14.6 Å². The van der Waals surface area contributed by atoms with Crippen molar-refractivity contribution in [1.29, 1.82) is 0 Å². The minimum atomic E-state index is -2.97. The highest BCUT2D eigenvalue weighted by molar-refractivity contribution is 14.0. The molecule has 0 saturated carbocycles. The molecule has 1 saturated heterocycles. The van der Waals surface area contributed by atoms with Gasteiger partial charge >= 0.3 is 0 Å². The lowest BCUT2D eigenvalue weighted by molar-refractivity contribution is 0.153. The van der Waals surface area contributed by atoms with Gasteiger partial charge in [0.2, 0.25) is 0 Å². The Morgan fingerprint density at radius 1 is 1.26 bits per heavy atom. The van der Waals surface area contributed by atoms with Crippen molar-refractivity contribution in [3.63, 3.8) is 0 Å². The summed E-state index contributed by atoms with van der Waals surface area (Å²) in [5.41, 5.74) is 1.14. The van der Waals surface area contributed by atoms with Crippen molar-refractivity contribution in [3.05, 3.63) is 29.3 Å². The molecule has 10 heteroatoms. The molecule has 1 aromatic rings. The number of anilines is 1. The number of rotatable bonds is 7. The molecule has 2 rings (SSSR count). The summed E-state index contributed by atoms with van der Waals surface area (Å²) in [6.07, 6.45) is 1.21. The maximum absolute atomic E-state index is 11.0. The number of nitrogens with one attached hydrogen (secondary N) is 1. The number of halogens is 2. The summed E-state index contributed by atoms with van der Waals surface area (Å²) in [6, 6.07) is 7.90. The molecule has 0 aromatic heterocycles. The van der Waals surface area contributed by atoms with Crippen LogP contribution in [-0.4, -0.2) is 84.3 Å². The standard InChI is InChI=1S/C17H27ClN4O3S.HI/c1-19-17(20-6-11-25-12-13-26(2,23)24)22-9-7-21(8-10-22)16-5-3-4-15(18)14-16;/h3-5,14H,6-13H2,1-2H3,(H,19,20);1H. The third kappa shape index (κ3) is 8.84. The number of aliphatic imine (C=N–C) groups is 1. The summed E-state index contributed by atoms with van der Waals surface area (Å²) in [7, 11) is -1.21. The Balaban J connectivity index is 0.00000364. The number of hydrogen-bond donors (Lipinski definition) is 1. The summed E-state index contributed by atoms with van der Waals surface area (Å²) >= 11 is 6.07. The van der Waals surface area contributed by atoms with Crippen LogP contribution < -0.4 is 10.2 Å². The molecule has 1 fully saturated rings. The minimum absolute atomic E-state index is 0. The highest BCUT2D eigenvalue weighted by Gasteiger charge is 2.19. The Morgan fingerprint density at radius 2 is 1.96 bits per heavy atom. The number of sulfone groups is 1.